The van der Waals surface area contributed by atoms with Crippen LogP contribution in [0.1, 0.15) is 50.2 Å². The molecule has 180 valence electrons. The van der Waals surface area contributed by atoms with Gasteiger partial charge >= 0.3 is 12.1 Å². The smallest absolute Gasteiger partial charge is 0.407 e. The van der Waals surface area contributed by atoms with E-state index in [0.717, 1.165) is 22.3 Å². The van der Waals surface area contributed by atoms with Gasteiger partial charge in [-0.15, -0.1) is 0 Å². The van der Waals surface area contributed by atoms with Gasteiger partial charge in [0.2, 0.25) is 5.91 Å². The maximum Gasteiger partial charge on any atom is 0.407 e. The van der Waals surface area contributed by atoms with Gasteiger partial charge < -0.3 is 20.1 Å². The molecule has 2 aliphatic carbocycles. The minimum absolute atomic E-state index is 0.0542. The first kappa shape index (κ1) is 23.8. The molecule has 7 heteroatoms. The molecule has 1 fully saturated rings. The van der Waals surface area contributed by atoms with Gasteiger partial charge in [0.05, 0.1) is 5.92 Å². The van der Waals surface area contributed by atoms with E-state index in [1.165, 1.54) is 0 Å². The fraction of sp³-hybridized carbons (Fsp3) is 0.444. The minimum Gasteiger partial charge on any atom is -0.481 e. The maximum atomic E-state index is 13.2. The Bertz CT molecular complexity index is 1030. The van der Waals surface area contributed by atoms with Crippen molar-refractivity contribution < 1.29 is 24.2 Å². The molecular formula is C27H32N2O5. The number of amides is 2. The summed E-state index contributed by atoms with van der Waals surface area (Å²) in [5.41, 5.74) is 4.57. The number of ether oxygens (including phenoxy) is 1. The molecule has 2 N–H and O–H groups in total. The van der Waals surface area contributed by atoms with E-state index >= 15 is 0 Å². The zero-order valence-electron chi connectivity index (χ0n) is 19.9. The summed E-state index contributed by atoms with van der Waals surface area (Å²) in [4.78, 5) is 38.7. The first-order chi connectivity index (χ1) is 16.3. The topological polar surface area (TPSA) is 95.9 Å². The van der Waals surface area contributed by atoms with Crippen molar-refractivity contribution in [1.82, 2.24) is 10.2 Å². The summed E-state index contributed by atoms with van der Waals surface area (Å²) in [6, 6.07) is 15.4. The Kier molecular flexibility index (Phi) is 6.91. The number of fused-ring (bicyclic) bond motifs is 3. The van der Waals surface area contributed by atoms with Gasteiger partial charge in [-0.05, 0) is 41.0 Å². The van der Waals surface area contributed by atoms with E-state index in [1.54, 1.807) is 11.9 Å². The summed E-state index contributed by atoms with van der Waals surface area (Å²) in [5.74, 6) is -1.59. The van der Waals surface area contributed by atoms with Gasteiger partial charge in [-0.1, -0.05) is 68.8 Å². The molecule has 2 aliphatic rings. The highest BCUT2D eigenvalue weighted by Crippen LogP contribution is 2.44. The summed E-state index contributed by atoms with van der Waals surface area (Å²) in [7, 11) is 1.68. The van der Waals surface area contributed by atoms with Gasteiger partial charge in [0.1, 0.15) is 12.6 Å². The molecule has 34 heavy (non-hydrogen) atoms. The average molecular weight is 465 g/mol. The molecule has 0 radical (unpaired) electrons. The fourth-order valence-corrected chi connectivity index (χ4v) is 4.96. The minimum atomic E-state index is -0.827. The Morgan fingerprint density at radius 3 is 2.15 bits per heavy atom. The Morgan fingerprint density at radius 2 is 1.62 bits per heavy atom. The standard InChI is InChI=1S/C27H32N2O5/c1-4-16(2)24(25(30)29(3)18-13-17(14-18)26(31)32)28-27(33)34-15-23-21-11-7-5-9-19(21)20-10-6-8-12-22(20)23/h5-12,16-18,23-24H,4,13-15H2,1-3H3,(H,28,33)(H,31,32)/t16-,17?,18?,24-/m0/s1. The second-order valence-corrected chi connectivity index (χ2v) is 9.44. The fourth-order valence-electron chi connectivity index (χ4n) is 4.96. The van der Waals surface area contributed by atoms with Gasteiger partial charge in [-0.25, -0.2) is 4.79 Å². The molecule has 2 atom stereocenters. The van der Waals surface area contributed by atoms with E-state index in [1.807, 2.05) is 38.1 Å². The summed E-state index contributed by atoms with van der Waals surface area (Å²) in [6.45, 7) is 4.06. The zero-order valence-corrected chi connectivity index (χ0v) is 19.9. The van der Waals surface area contributed by atoms with Crippen LogP contribution in [0.5, 0.6) is 0 Å². The largest absolute Gasteiger partial charge is 0.481 e. The summed E-state index contributed by atoms with van der Waals surface area (Å²) >= 11 is 0. The average Bonchev–Trinajstić information content (AvgIpc) is 3.12. The number of nitrogens with zero attached hydrogens (tertiary/aromatic N) is 1. The monoisotopic (exact) mass is 464 g/mol. The van der Waals surface area contributed by atoms with E-state index in [2.05, 4.69) is 29.6 Å². The third-order valence-electron chi connectivity index (χ3n) is 7.45. The van der Waals surface area contributed by atoms with Gasteiger partial charge in [-0.2, -0.15) is 0 Å². The molecular weight excluding hydrogens is 432 g/mol. The Morgan fingerprint density at radius 1 is 1.06 bits per heavy atom. The quantitative estimate of drug-likeness (QED) is 0.609. The molecule has 2 amide bonds. The maximum absolute atomic E-state index is 13.2. The molecule has 2 aromatic carbocycles. The van der Waals surface area contributed by atoms with E-state index in [4.69, 9.17) is 9.84 Å². The number of benzene rings is 2. The van der Waals surface area contributed by atoms with Crippen LogP contribution in [0, 0.1) is 11.8 Å². The van der Waals surface area contributed by atoms with E-state index in [0.29, 0.717) is 19.3 Å². The van der Waals surface area contributed by atoms with Gasteiger partial charge in [-0.3, -0.25) is 9.59 Å². The summed E-state index contributed by atoms with van der Waals surface area (Å²) in [5, 5.41) is 11.9. The van der Waals surface area contributed by atoms with Crippen molar-refractivity contribution in [2.75, 3.05) is 13.7 Å². The number of rotatable bonds is 8. The molecule has 7 nitrogen and oxygen atoms in total. The molecule has 4 rings (SSSR count). The van der Waals surface area contributed by atoms with Crippen LogP contribution in [-0.2, 0) is 14.3 Å². The zero-order chi connectivity index (χ0) is 24.4. The van der Waals surface area contributed by atoms with E-state index in [9.17, 15) is 14.4 Å². The normalized spacial score (nSPS) is 20.3. The highest BCUT2D eigenvalue weighted by molar-refractivity contribution is 5.86. The SMILES string of the molecule is CC[C@H](C)[C@H](NC(=O)OCC1c2ccccc2-c2ccccc21)C(=O)N(C)C1CC(C(=O)O)C1. The lowest BCUT2D eigenvalue weighted by Gasteiger charge is -2.41. The lowest BCUT2D eigenvalue weighted by Crippen LogP contribution is -2.56. The second-order valence-electron chi connectivity index (χ2n) is 9.44. The van der Waals surface area contributed by atoms with Crippen molar-refractivity contribution >= 4 is 18.0 Å². The van der Waals surface area contributed by atoms with Crippen LogP contribution in [0.25, 0.3) is 11.1 Å². The van der Waals surface area contributed by atoms with Crippen molar-refractivity contribution in [1.29, 1.82) is 0 Å². The van der Waals surface area contributed by atoms with Crippen molar-refractivity contribution in [2.24, 2.45) is 11.8 Å². The van der Waals surface area contributed by atoms with Gasteiger partial charge in [0.15, 0.2) is 0 Å². The third-order valence-corrected chi connectivity index (χ3v) is 7.45. The molecule has 0 aromatic heterocycles. The van der Waals surface area contributed by atoms with Gasteiger partial charge in [0, 0.05) is 19.0 Å². The predicted molar refractivity (Wildman–Crippen MR) is 128 cm³/mol. The predicted octanol–water partition coefficient (Wildman–Crippen LogP) is 4.26. The second kappa shape index (κ2) is 9.87. The van der Waals surface area contributed by atoms with Crippen LogP contribution in [-0.4, -0.2) is 53.7 Å². The number of carboxylic acid groups (broad SMARTS) is 1. The molecule has 0 saturated heterocycles. The Hall–Kier alpha value is -3.35. The molecule has 0 unspecified atom stereocenters. The summed E-state index contributed by atoms with van der Waals surface area (Å²) < 4.78 is 5.65. The first-order valence-corrected chi connectivity index (χ1v) is 11.9. The number of nitrogens with one attached hydrogen (secondary N) is 1. The third kappa shape index (κ3) is 4.52. The summed E-state index contributed by atoms with van der Waals surface area (Å²) in [6.07, 6.45) is 0.966. The molecule has 2 aromatic rings. The first-order valence-electron chi connectivity index (χ1n) is 11.9. The number of alkyl carbamates (subject to hydrolysis) is 1. The Balaban J connectivity index is 1.40. The molecule has 0 aliphatic heterocycles. The van der Waals surface area contributed by atoms with Crippen molar-refractivity contribution in [3.05, 3.63) is 59.7 Å². The molecule has 0 heterocycles. The molecule has 0 bridgehead atoms. The number of aliphatic carboxylic acids is 1. The van der Waals surface area contributed by atoms with Crippen LogP contribution in [0.15, 0.2) is 48.5 Å². The van der Waals surface area contributed by atoms with Crippen molar-refractivity contribution in [3.63, 3.8) is 0 Å². The number of carboxylic acids is 1. The van der Waals surface area contributed by atoms with Crippen LogP contribution in [0.2, 0.25) is 0 Å². The lowest BCUT2D eigenvalue weighted by molar-refractivity contribution is -0.151. The van der Waals surface area contributed by atoms with Crippen molar-refractivity contribution in [3.8, 4) is 11.1 Å². The number of likely N-dealkylation sites (N-methyl/N-ethyl adjacent to an activating group) is 1. The number of carbonyl (C=O) groups is 3. The van der Waals surface area contributed by atoms with E-state index in [-0.39, 0.29) is 30.4 Å². The number of hydrogen-bond donors (Lipinski definition) is 2. The molecule has 0 spiro atoms. The van der Waals surface area contributed by atoms with Crippen molar-refractivity contribution in [2.45, 2.75) is 51.1 Å². The lowest BCUT2D eigenvalue weighted by atomic mass is 9.79. The van der Waals surface area contributed by atoms with Crippen LogP contribution in [0.3, 0.4) is 0 Å². The number of carbonyl (C=O) groups excluding carboxylic acids is 2. The van der Waals surface area contributed by atoms with E-state index < -0.39 is 24.0 Å². The molecule has 1 saturated carbocycles. The highest BCUT2D eigenvalue weighted by atomic mass is 16.5. The highest BCUT2D eigenvalue weighted by Gasteiger charge is 2.41. The Labute approximate surface area is 200 Å². The van der Waals surface area contributed by atoms with Crippen LogP contribution in [0.4, 0.5) is 4.79 Å². The van der Waals surface area contributed by atoms with Crippen LogP contribution >= 0.6 is 0 Å². The van der Waals surface area contributed by atoms with Crippen LogP contribution < -0.4 is 5.32 Å². The number of hydrogen-bond acceptors (Lipinski definition) is 4. The van der Waals surface area contributed by atoms with Gasteiger partial charge in [0.25, 0.3) is 0 Å².